The van der Waals surface area contributed by atoms with Crippen molar-refractivity contribution in [2.45, 2.75) is 33.6 Å². The van der Waals surface area contributed by atoms with Gasteiger partial charge >= 0.3 is 0 Å². The standard InChI is InChI=1S/C19H20N4O4/c1-11-4-5-12(2)16(10-11)23-17(24)7-6-15(22-23)19(26)21-20-18(25)14-8-9-27-13(14)3/h4-5,8-10H,6-7H2,1-3H3,(H,20,25)(H,21,26). The highest BCUT2D eigenvalue weighted by Gasteiger charge is 2.27. The molecule has 1 aliphatic rings. The van der Waals surface area contributed by atoms with Crippen LogP contribution in [0.5, 0.6) is 0 Å². The Kier molecular flexibility index (Phi) is 5.07. The largest absolute Gasteiger partial charge is 0.469 e. The maximum Gasteiger partial charge on any atom is 0.285 e. The summed E-state index contributed by atoms with van der Waals surface area (Å²) in [6, 6.07) is 7.20. The van der Waals surface area contributed by atoms with Crippen molar-refractivity contribution >= 4 is 29.1 Å². The normalized spacial score (nSPS) is 14.0. The molecule has 8 nitrogen and oxygen atoms in total. The SMILES string of the molecule is Cc1ccc(C)c(N2N=C(C(=O)NNC(=O)c3ccoc3C)CCC2=O)c1. The highest BCUT2D eigenvalue weighted by atomic mass is 16.3. The van der Waals surface area contributed by atoms with Gasteiger partial charge in [0, 0.05) is 12.8 Å². The third kappa shape index (κ3) is 3.89. The molecule has 0 saturated carbocycles. The van der Waals surface area contributed by atoms with Gasteiger partial charge in [-0.15, -0.1) is 0 Å². The number of rotatable bonds is 3. The molecule has 1 aliphatic heterocycles. The van der Waals surface area contributed by atoms with Gasteiger partial charge in [0.05, 0.1) is 17.5 Å². The number of nitrogens with zero attached hydrogens (tertiary/aromatic N) is 2. The van der Waals surface area contributed by atoms with Crippen LogP contribution in [0.4, 0.5) is 5.69 Å². The Morgan fingerprint density at radius 3 is 2.52 bits per heavy atom. The molecule has 27 heavy (non-hydrogen) atoms. The zero-order chi connectivity index (χ0) is 19.6. The van der Waals surface area contributed by atoms with Crippen molar-refractivity contribution in [1.82, 2.24) is 10.9 Å². The molecule has 3 rings (SSSR count). The smallest absolute Gasteiger partial charge is 0.285 e. The molecule has 0 bridgehead atoms. The van der Waals surface area contributed by atoms with Crippen LogP contribution in [-0.2, 0) is 9.59 Å². The van der Waals surface area contributed by atoms with E-state index in [0.717, 1.165) is 11.1 Å². The van der Waals surface area contributed by atoms with Crippen LogP contribution in [0.3, 0.4) is 0 Å². The van der Waals surface area contributed by atoms with Crippen molar-refractivity contribution in [3.05, 3.63) is 53.0 Å². The Labute approximate surface area is 156 Å². The molecule has 0 aliphatic carbocycles. The quantitative estimate of drug-likeness (QED) is 0.810. The number of hydrazone groups is 1. The lowest BCUT2D eigenvalue weighted by Crippen LogP contribution is -2.47. The third-order valence-electron chi connectivity index (χ3n) is 4.28. The molecule has 0 saturated heterocycles. The summed E-state index contributed by atoms with van der Waals surface area (Å²) >= 11 is 0. The van der Waals surface area contributed by atoms with Gasteiger partial charge in [-0.25, -0.2) is 5.01 Å². The van der Waals surface area contributed by atoms with E-state index in [2.05, 4.69) is 16.0 Å². The van der Waals surface area contributed by atoms with E-state index in [0.29, 0.717) is 17.0 Å². The first-order valence-corrected chi connectivity index (χ1v) is 8.49. The van der Waals surface area contributed by atoms with Crippen molar-refractivity contribution in [3.63, 3.8) is 0 Å². The molecule has 0 radical (unpaired) electrons. The number of amides is 3. The molecule has 2 aromatic rings. The van der Waals surface area contributed by atoms with Crippen molar-refractivity contribution in [2.24, 2.45) is 5.10 Å². The molecule has 0 atom stereocenters. The second kappa shape index (κ2) is 7.45. The van der Waals surface area contributed by atoms with Crippen LogP contribution < -0.4 is 15.9 Å². The van der Waals surface area contributed by atoms with Gasteiger partial charge in [0.1, 0.15) is 11.5 Å². The fourth-order valence-electron chi connectivity index (χ4n) is 2.73. The number of furan rings is 1. The van der Waals surface area contributed by atoms with Gasteiger partial charge < -0.3 is 4.42 Å². The van der Waals surface area contributed by atoms with Gasteiger partial charge in [0.25, 0.3) is 11.8 Å². The van der Waals surface area contributed by atoms with Gasteiger partial charge in [0.15, 0.2) is 0 Å². The van der Waals surface area contributed by atoms with Crippen LogP contribution in [0, 0.1) is 20.8 Å². The molecule has 140 valence electrons. The fraction of sp³-hybridized carbons (Fsp3) is 0.263. The van der Waals surface area contributed by atoms with E-state index in [4.69, 9.17) is 4.42 Å². The second-order valence-electron chi connectivity index (χ2n) is 6.34. The molecule has 8 heteroatoms. The minimum Gasteiger partial charge on any atom is -0.469 e. The Bertz CT molecular complexity index is 945. The Balaban J connectivity index is 1.74. The summed E-state index contributed by atoms with van der Waals surface area (Å²) in [5, 5.41) is 5.46. The molecule has 0 spiro atoms. The number of carbonyl (C=O) groups excluding carboxylic acids is 3. The van der Waals surface area contributed by atoms with Gasteiger partial charge in [-0.05, 0) is 44.0 Å². The maximum atomic E-state index is 12.4. The lowest BCUT2D eigenvalue weighted by atomic mass is 10.1. The van der Waals surface area contributed by atoms with Crippen molar-refractivity contribution in [2.75, 3.05) is 5.01 Å². The molecule has 0 fully saturated rings. The van der Waals surface area contributed by atoms with Crippen LogP contribution in [0.25, 0.3) is 0 Å². The molecular formula is C19H20N4O4. The van der Waals surface area contributed by atoms with Crippen LogP contribution in [0.15, 0.2) is 40.0 Å². The topological polar surface area (TPSA) is 104 Å². The minimum atomic E-state index is -0.563. The van der Waals surface area contributed by atoms with Gasteiger partial charge in [0.2, 0.25) is 5.91 Å². The molecule has 2 heterocycles. The van der Waals surface area contributed by atoms with Gasteiger partial charge in [-0.3, -0.25) is 25.2 Å². The monoisotopic (exact) mass is 368 g/mol. The summed E-state index contributed by atoms with van der Waals surface area (Å²) in [5.74, 6) is -0.789. The van der Waals surface area contributed by atoms with E-state index in [-0.39, 0.29) is 24.5 Å². The average Bonchev–Trinajstić information content (AvgIpc) is 3.08. The Morgan fingerprint density at radius 1 is 1.07 bits per heavy atom. The number of nitrogens with one attached hydrogen (secondary N) is 2. The van der Waals surface area contributed by atoms with E-state index in [1.54, 1.807) is 6.92 Å². The van der Waals surface area contributed by atoms with Gasteiger partial charge in [-0.2, -0.15) is 5.10 Å². The molecule has 1 aromatic carbocycles. The average molecular weight is 368 g/mol. The highest BCUT2D eigenvalue weighted by molar-refractivity contribution is 6.40. The molecule has 1 aromatic heterocycles. The molecule has 3 amide bonds. The van der Waals surface area contributed by atoms with E-state index in [1.807, 2.05) is 32.0 Å². The van der Waals surface area contributed by atoms with Crippen molar-refractivity contribution < 1.29 is 18.8 Å². The number of benzene rings is 1. The van der Waals surface area contributed by atoms with Crippen LogP contribution in [0.2, 0.25) is 0 Å². The summed E-state index contributed by atoms with van der Waals surface area (Å²) < 4.78 is 5.06. The minimum absolute atomic E-state index is 0.161. The van der Waals surface area contributed by atoms with Crippen LogP contribution in [0.1, 0.15) is 40.1 Å². The van der Waals surface area contributed by atoms with Crippen molar-refractivity contribution in [3.8, 4) is 0 Å². The number of aryl methyl sites for hydroxylation is 3. The predicted octanol–water partition coefficient (Wildman–Crippen LogP) is 2.15. The number of anilines is 1. The first-order chi connectivity index (χ1) is 12.9. The summed E-state index contributed by atoms with van der Waals surface area (Å²) in [7, 11) is 0. The summed E-state index contributed by atoms with van der Waals surface area (Å²) in [6.45, 7) is 5.44. The molecule has 2 N–H and O–H groups in total. The maximum absolute atomic E-state index is 12.4. The fourth-order valence-corrected chi connectivity index (χ4v) is 2.73. The highest BCUT2D eigenvalue weighted by Crippen LogP contribution is 2.25. The zero-order valence-corrected chi connectivity index (χ0v) is 15.3. The first-order valence-electron chi connectivity index (χ1n) is 8.49. The summed E-state index contributed by atoms with van der Waals surface area (Å²) in [5.41, 5.74) is 7.66. The predicted molar refractivity (Wildman–Crippen MR) is 99.1 cm³/mol. The first kappa shape index (κ1) is 18.4. The third-order valence-corrected chi connectivity index (χ3v) is 4.28. The van der Waals surface area contributed by atoms with E-state index in [1.165, 1.54) is 17.3 Å². The lowest BCUT2D eigenvalue weighted by Gasteiger charge is -2.24. The zero-order valence-electron chi connectivity index (χ0n) is 15.3. The summed E-state index contributed by atoms with van der Waals surface area (Å²) in [4.78, 5) is 36.7. The number of carbonyl (C=O) groups is 3. The van der Waals surface area contributed by atoms with E-state index >= 15 is 0 Å². The van der Waals surface area contributed by atoms with Crippen LogP contribution >= 0.6 is 0 Å². The van der Waals surface area contributed by atoms with Crippen LogP contribution in [-0.4, -0.2) is 23.4 Å². The second-order valence-corrected chi connectivity index (χ2v) is 6.34. The Morgan fingerprint density at radius 2 is 1.81 bits per heavy atom. The number of hydrazine groups is 1. The Hall–Kier alpha value is -3.42. The molecular weight excluding hydrogens is 348 g/mol. The summed E-state index contributed by atoms with van der Waals surface area (Å²) in [6.07, 6.45) is 1.76. The number of hydrogen-bond donors (Lipinski definition) is 2. The molecule has 0 unspecified atom stereocenters. The van der Waals surface area contributed by atoms with E-state index in [9.17, 15) is 14.4 Å². The van der Waals surface area contributed by atoms with Gasteiger partial charge in [-0.1, -0.05) is 12.1 Å². The van der Waals surface area contributed by atoms with Crippen molar-refractivity contribution in [1.29, 1.82) is 0 Å². The van der Waals surface area contributed by atoms with E-state index < -0.39 is 11.8 Å². The number of hydrogen-bond acceptors (Lipinski definition) is 5. The lowest BCUT2D eigenvalue weighted by molar-refractivity contribution is -0.119.